The number of hydrogen-bond donors (Lipinski definition) is 0. The molecule has 0 spiro atoms. The van der Waals surface area contributed by atoms with Gasteiger partial charge in [-0.1, -0.05) is 30.3 Å². The van der Waals surface area contributed by atoms with Gasteiger partial charge < -0.3 is 4.90 Å². The van der Waals surface area contributed by atoms with E-state index in [4.69, 9.17) is 0 Å². The smallest absolute Gasteiger partial charge is 0.244 e. The number of para-hydroxylation sites is 1. The van der Waals surface area contributed by atoms with Crippen molar-refractivity contribution in [2.45, 2.75) is 18.7 Å². The number of nitriles is 1. The highest BCUT2D eigenvalue weighted by Crippen LogP contribution is 2.27. The summed E-state index contributed by atoms with van der Waals surface area (Å²) in [5.74, 6) is 0. The van der Waals surface area contributed by atoms with Gasteiger partial charge in [-0.2, -0.15) is 9.57 Å². The van der Waals surface area contributed by atoms with Gasteiger partial charge in [0, 0.05) is 31.9 Å². The Labute approximate surface area is 149 Å². The predicted octanol–water partition coefficient (Wildman–Crippen LogP) is 2.69. The molecule has 6 heteroatoms. The summed E-state index contributed by atoms with van der Waals surface area (Å²) in [7, 11) is -3.65. The van der Waals surface area contributed by atoms with Crippen LogP contribution >= 0.6 is 0 Å². The first-order valence-corrected chi connectivity index (χ1v) is 9.69. The Balaban J connectivity index is 1.82. The highest BCUT2D eigenvalue weighted by Gasteiger charge is 2.30. The summed E-state index contributed by atoms with van der Waals surface area (Å²) in [6.07, 6.45) is 0. The average molecular weight is 355 g/mol. The van der Waals surface area contributed by atoms with Crippen LogP contribution in [-0.2, 0) is 10.0 Å². The van der Waals surface area contributed by atoms with E-state index in [1.165, 1.54) is 27.2 Å². The zero-order valence-corrected chi connectivity index (χ0v) is 15.3. The normalized spacial score (nSPS) is 15.8. The van der Waals surface area contributed by atoms with Crippen molar-refractivity contribution < 1.29 is 8.42 Å². The number of rotatable bonds is 3. The van der Waals surface area contributed by atoms with Gasteiger partial charge in [-0.3, -0.25) is 0 Å². The lowest BCUT2D eigenvalue weighted by molar-refractivity contribution is 0.384. The SMILES string of the molecule is Cc1cccc(C)c1N1CCN(S(=O)(=O)c2ccccc2C#N)CC1. The molecule has 2 aromatic rings. The molecule has 3 rings (SSSR count). The lowest BCUT2D eigenvalue weighted by atomic mass is 10.1. The molecule has 0 N–H and O–H groups in total. The van der Waals surface area contributed by atoms with Crippen molar-refractivity contribution in [1.82, 2.24) is 4.31 Å². The van der Waals surface area contributed by atoms with Crippen molar-refractivity contribution in [3.63, 3.8) is 0 Å². The first kappa shape index (κ1) is 17.5. The third kappa shape index (κ3) is 3.26. The molecular formula is C19H21N3O2S. The van der Waals surface area contributed by atoms with Crippen LogP contribution in [0.3, 0.4) is 0 Å². The Morgan fingerprint density at radius 1 is 0.920 bits per heavy atom. The van der Waals surface area contributed by atoms with Crippen LogP contribution in [0.2, 0.25) is 0 Å². The third-order valence-electron chi connectivity index (χ3n) is 4.62. The van der Waals surface area contributed by atoms with E-state index in [0.29, 0.717) is 26.2 Å². The molecule has 0 bridgehead atoms. The highest BCUT2D eigenvalue weighted by atomic mass is 32.2. The van der Waals surface area contributed by atoms with Crippen molar-refractivity contribution >= 4 is 15.7 Å². The second-order valence-electron chi connectivity index (χ2n) is 6.24. The molecular weight excluding hydrogens is 334 g/mol. The molecule has 0 unspecified atom stereocenters. The molecule has 0 atom stereocenters. The largest absolute Gasteiger partial charge is 0.368 e. The highest BCUT2D eigenvalue weighted by molar-refractivity contribution is 7.89. The summed E-state index contributed by atoms with van der Waals surface area (Å²) in [5.41, 5.74) is 3.79. The molecule has 2 aromatic carbocycles. The molecule has 1 fully saturated rings. The minimum atomic E-state index is -3.65. The molecule has 1 aliphatic heterocycles. The van der Waals surface area contributed by atoms with Crippen LogP contribution in [0, 0.1) is 25.2 Å². The maximum atomic E-state index is 12.9. The maximum Gasteiger partial charge on any atom is 0.244 e. The molecule has 1 saturated heterocycles. The summed E-state index contributed by atoms with van der Waals surface area (Å²) in [4.78, 5) is 2.34. The van der Waals surface area contributed by atoms with Gasteiger partial charge in [-0.15, -0.1) is 0 Å². The van der Waals surface area contributed by atoms with Gasteiger partial charge in [0.25, 0.3) is 0 Å². The van der Waals surface area contributed by atoms with Crippen LogP contribution in [0.4, 0.5) is 5.69 Å². The van der Waals surface area contributed by atoms with Crippen molar-refractivity contribution in [3.8, 4) is 6.07 Å². The van der Waals surface area contributed by atoms with Gasteiger partial charge in [0.2, 0.25) is 10.0 Å². The molecule has 25 heavy (non-hydrogen) atoms. The summed E-state index contributed by atoms with van der Waals surface area (Å²) in [6.45, 7) is 6.26. The zero-order valence-electron chi connectivity index (χ0n) is 14.4. The van der Waals surface area contributed by atoms with Crippen LogP contribution in [-0.4, -0.2) is 38.9 Å². The van der Waals surface area contributed by atoms with E-state index in [2.05, 4.69) is 30.9 Å². The van der Waals surface area contributed by atoms with Gasteiger partial charge in [0.15, 0.2) is 0 Å². The molecule has 130 valence electrons. The quantitative estimate of drug-likeness (QED) is 0.849. The number of nitrogens with zero attached hydrogens (tertiary/aromatic N) is 3. The number of benzene rings is 2. The number of hydrogen-bond acceptors (Lipinski definition) is 4. The fourth-order valence-electron chi connectivity index (χ4n) is 3.38. The van der Waals surface area contributed by atoms with Crippen LogP contribution in [0.5, 0.6) is 0 Å². The van der Waals surface area contributed by atoms with E-state index in [0.717, 1.165) is 0 Å². The summed E-state index contributed by atoms with van der Waals surface area (Å²) in [5, 5.41) is 9.19. The summed E-state index contributed by atoms with van der Waals surface area (Å²) in [6, 6.07) is 14.5. The lowest BCUT2D eigenvalue weighted by Gasteiger charge is -2.37. The molecule has 0 saturated carbocycles. The van der Waals surface area contributed by atoms with E-state index in [9.17, 15) is 13.7 Å². The van der Waals surface area contributed by atoms with E-state index < -0.39 is 10.0 Å². The molecule has 0 aliphatic carbocycles. The van der Waals surface area contributed by atoms with E-state index in [-0.39, 0.29) is 10.5 Å². The van der Waals surface area contributed by atoms with Gasteiger partial charge in [-0.25, -0.2) is 8.42 Å². The Bertz CT molecular complexity index is 904. The predicted molar refractivity (Wildman–Crippen MR) is 98.0 cm³/mol. The average Bonchev–Trinajstić information content (AvgIpc) is 2.62. The van der Waals surface area contributed by atoms with Crippen LogP contribution in [0.1, 0.15) is 16.7 Å². The number of anilines is 1. The molecule has 5 nitrogen and oxygen atoms in total. The molecule has 1 aliphatic rings. The van der Waals surface area contributed by atoms with Crippen LogP contribution in [0.15, 0.2) is 47.4 Å². The van der Waals surface area contributed by atoms with Crippen molar-refractivity contribution in [3.05, 3.63) is 59.2 Å². The standard InChI is InChI=1S/C19H21N3O2S/c1-15-6-5-7-16(2)19(15)21-10-12-22(13-11-21)25(23,24)18-9-4-3-8-17(18)14-20/h3-9H,10-13H2,1-2H3. The van der Waals surface area contributed by atoms with Crippen LogP contribution in [0.25, 0.3) is 0 Å². The first-order chi connectivity index (χ1) is 11.9. The molecule has 0 radical (unpaired) electrons. The fourth-order valence-corrected chi connectivity index (χ4v) is 4.94. The van der Waals surface area contributed by atoms with Crippen molar-refractivity contribution in [2.24, 2.45) is 0 Å². The van der Waals surface area contributed by atoms with Crippen molar-refractivity contribution in [1.29, 1.82) is 5.26 Å². The lowest BCUT2D eigenvalue weighted by Crippen LogP contribution is -2.49. The van der Waals surface area contributed by atoms with Gasteiger partial charge in [0.1, 0.15) is 6.07 Å². The molecule has 0 amide bonds. The van der Waals surface area contributed by atoms with Crippen LogP contribution < -0.4 is 4.90 Å². The van der Waals surface area contributed by atoms with Gasteiger partial charge in [-0.05, 0) is 37.1 Å². The number of piperazine rings is 1. The topological polar surface area (TPSA) is 64.4 Å². The van der Waals surface area contributed by atoms with Crippen molar-refractivity contribution in [2.75, 3.05) is 31.1 Å². The molecule has 1 heterocycles. The summed E-state index contributed by atoms with van der Waals surface area (Å²) >= 11 is 0. The zero-order chi connectivity index (χ0) is 18.0. The molecule has 0 aromatic heterocycles. The van der Waals surface area contributed by atoms with Gasteiger partial charge in [0.05, 0.1) is 10.5 Å². The van der Waals surface area contributed by atoms with E-state index >= 15 is 0 Å². The fraction of sp³-hybridized carbons (Fsp3) is 0.316. The second-order valence-corrected chi connectivity index (χ2v) is 8.15. The van der Waals surface area contributed by atoms with E-state index in [1.807, 2.05) is 12.1 Å². The minimum Gasteiger partial charge on any atom is -0.368 e. The minimum absolute atomic E-state index is 0.0954. The second kappa shape index (κ2) is 6.87. The number of aryl methyl sites for hydroxylation is 2. The maximum absolute atomic E-state index is 12.9. The summed E-state index contributed by atoms with van der Waals surface area (Å²) < 4.78 is 27.3. The van der Waals surface area contributed by atoms with Gasteiger partial charge >= 0.3 is 0 Å². The first-order valence-electron chi connectivity index (χ1n) is 8.25. The Morgan fingerprint density at radius 2 is 1.52 bits per heavy atom. The Kier molecular flexibility index (Phi) is 4.80. The number of sulfonamides is 1. The Hall–Kier alpha value is -2.36. The third-order valence-corrected chi connectivity index (χ3v) is 6.58. The monoisotopic (exact) mass is 355 g/mol. The Morgan fingerprint density at radius 3 is 2.12 bits per heavy atom. The van der Waals surface area contributed by atoms with E-state index in [1.54, 1.807) is 18.2 Å².